The Hall–Kier alpha value is -0.900. The molecule has 0 heterocycles. The Balaban J connectivity index is 2.44. The molecule has 0 aliphatic heterocycles. The maximum absolute atomic E-state index is 14.2. The molecule has 1 atom stereocenters. The number of nitrogens with one attached hydrogen (secondary N) is 1. The Bertz CT molecular complexity index is 588. The molecular weight excluding hydrogens is 341 g/mol. The number of hydrogen-bond acceptors (Lipinski definition) is 1. The maximum atomic E-state index is 14.2. The molecule has 2 rings (SSSR count). The second kappa shape index (κ2) is 7.21. The van der Waals surface area contributed by atoms with Gasteiger partial charge in [-0.3, -0.25) is 0 Å². The summed E-state index contributed by atoms with van der Waals surface area (Å²) in [6.07, 6.45) is 0.982. The van der Waals surface area contributed by atoms with E-state index >= 15 is 0 Å². The minimum atomic E-state index is -0.290. The van der Waals surface area contributed by atoms with Crippen molar-refractivity contribution in [2.24, 2.45) is 0 Å². The van der Waals surface area contributed by atoms with E-state index < -0.39 is 0 Å². The van der Waals surface area contributed by atoms with E-state index in [1.807, 2.05) is 24.3 Å². The second-order valence-corrected chi connectivity index (χ2v) is 5.87. The molecular formula is C16H16BrClFN. The van der Waals surface area contributed by atoms with E-state index in [0.29, 0.717) is 10.6 Å². The predicted molar refractivity (Wildman–Crippen MR) is 85.7 cm³/mol. The first kappa shape index (κ1) is 15.5. The quantitative estimate of drug-likeness (QED) is 0.763. The average Bonchev–Trinajstić information content (AvgIpc) is 2.42. The van der Waals surface area contributed by atoms with Crippen LogP contribution in [0.1, 0.15) is 30.5 Å². The average molecular weight is 357 g/mol. The highest BCUT2D eigenvalue weighted by molar-refractivity contribution is 9.10. The molecule has 1 N–H and O–H groups in total. The maximum Gasteiger partial charge on any atom is 0.129 e. The topological polar surface area (TPSA) is 12.0 Å². The standard InChI is InChI=1S/C16H16BrClFN/c1-2-9-20-16(12-5-3-4-6-14(12)17)13-8-7-11(18)10-15(13)19/h3-8,10,16,20H,2,9H2,1H3. The van der Waals surface area contributed by atoms with Gasteiger partial charge < -0.3 is 5.32 Å². The number of hydrogen-bond donors (Lipinski definition) is 1. The van der Waals surface area contributed by atoms with Crippen LogP contribution < -0.4 is 5.32 Å². The van der Waals surface area contributed by atoms with Crippen molar-refractivity contribution in [2.45, 2.75) is 19.4 Å². The van der Waals surface area contributed by atoms with Gasteiger partial charge in [0.1, 0.15) is 5.82 Å². The van der Waals surface area contributed by atoms with E-state index in [2.05, 4.69) is 28.2 Å². The van der Waals surface area contributed by atoms with Crippen LogP contribution in [0.15, 0.2) is 46.9 Å². The van der Waals surface area contributed by atoms with Gasteiger partial charge in [-0.2, -0.15) is 0 Å². The molecule has 2 aromatic rings. The molecule has 0 saturated carbocycles. The molecule has 2 aromatic carbocycles. The van der Waals surface area contributed by atoms with E-state index in [1.54, 1.807) is 12.1 Å². The summed E-state index contributed by atoms with van der Waals surface area (Å²) >= 11 is 9.37. The third-order valence-corrected chi connectivity index (χ3v) is 4.05. The van der Waals surface area contributed by atoms with Gasteiger partial charge in [0.05, 0.1) is 6.04 Å². The highest BCUT2D eigenvalue weighted by Gasteiger charge is 2.19. The third kappa shape index (κ3) is 3.60. The van der Waals surface area contributed by atoms with Crippen molar-refractivity contribution in [3.63, 3.8) is 0 Å². The van der Waals surface area contributed by atoms with Gasteiger partial charge in [-0.1, -0.05) is 58.7 Å². The van der Waals surface area contributed by atoms with E-state index in [-0.39, 0.29) is 11.9 Å². The van der Waals surface area contributed by atoms with Crippen LogP contribution in [0.4, 0.5) is 4.39 Å². The minimum absolute atomic E-state index is 0.192. The second-order valence-electron chi connectivity index (χ2n) is 4.57. The number of rotatable bonds is 5. The van der Waals surface area contributed by atoms with Gasteiger partial charge in [0.25, 0.3) is 0 Å². The summed E-state index contributed by atoms with van der Waals surface area (Å²) in [6.45, 7) is 2.90. The Morgan fingerprint density at radius 1 is 1.20 bits per heavy atom. The van der Waals surface area contributed by atoms with Gasteiger partial charge in [0, 0.05) is 15.1 Å². The van der Waals surface area contributed by atoms with Crippen LogP contribution in [0, 0.1) is 5.82 Å². The fourth-order valence-corrected chi connectivity index (χ4v) is 2.79. The summed E-state index contributed by atoms with van der Waals surface area (Å²) in [5.41, 5.74) is 1.62. The van der Waals surface area contributed by atoms with Gasteiger partial charge in [0.15, 0.2) is 0 Å². The van der Waals surface area contributed by atoms with Crippen LogP contribution in [-0.2, 0) is 0 Å². The molecule has 1 nitrogen and oxygen atoms in total. The first-order valence-corrected chi connectivity index (χ1v) is 7.73. The van der Waals surface area contributed by atoms with Crippen LogP contribution in [0.25, 0.3) is 0 Å². The highest BCUT2D eigenvalue weighted by atomic mass is 79.9. The summed E-state index contributed by atoms with van der Waals surface area (Å²) in [5.74, 6) is -0.290. The molecule has 106 valence electrons. The van der Waals surface area contributed by atoms with Crippen molar-refractivity contribution in [3.8, 4) is 0 Å². The Labute approximate surface area is 132 Å². The van der Waals surface area contributed by atoms with Crippen molar-refractivity contribution < 1.29 is 4.39 Å². The molecule has 0 amide bonds. The van der Waals surface area contributed by atoms with Gasteiger partial charge in [-0.05, 0) is 36.7 Å². The van der Waals surface area contributed by atoms with Crippen molar-refractivity contribution in [2.75, 3.05) is 6.54 Å². The minimum Gasteiger partial charge on any atom is -0.306 e. The largest absolute Gasteiger partial charge is 0.306 e. The van der Waals surface area contributed by atoms with Gasteiger partial charge >= 0.3 is 0 Å². The highest BCUT2D eigenvalue weighted by Crippen LogP contribution is 2.31. The molecule has 0 spiro atoms. The predicted octanol–water partition coefficient (Wildman–Crippen LogP) is 5.33. The zero-order valence-electron chi connectivity index (χ0n) is 11.2. The van der Waals surface area contributed by atoms with Crippen molar-refractivity contribution in [3.05, 3.63) is 68.9 Å². The lowest BCUT2D eigenvalue weighted by Gasteiger charge is -2.21. The van der Waals surface area contributed by atoms with Crippen LogP contribution >= 0.6 is 27.5 Å². The fraction of sp³-hybridized carbons (Fsp3) is 0.250. The third-order valence-electron chi connectivity index (χ3n) is 3.09. The summed E-state index contributed by atoms with van der Waals surface area (Å²) in [6, 6.07) is 12.5. The van der Waals surface area contributed by atoms with Crippen LogP contribution in [0.2, 0.25) is 5.02 Å². The Kier molecular flexibility index (Phi) is 5.58. The summed E-state index contributed by atoms with van der Waals surface area (Å²) < 4.78 is 15.2. The fourth-order valence-electron chi connectivity index (χ4n) is 2.12. The molecule has 0 aromatic heterocycles. The summed E-state index contributed by atoms with van der Waals surface area (Å²) in [5, 5.41) is 3.80. The summed E-state index contributed by atoms with van der Waals surface area (Å²) in [7, 11) is 0. The van der Waals surface area contributed by atoms with E-state index in [9.17, 15) is 4.39 Å². The zero-order valence-corrected chi connectivity index (χ0v) is 13.5. The van der Waals surface area contributed by atoms with Crippen molar-refractivity contribution >= 4 is 27.5 Å². The molecule has 0 fully saturated rings. The lowest BCUT2D eigenvalue weighted by atomic mass is 9.98. The molecule has 20 heavy (non-hydrogen) atoms. The molecule has 4 heteroatoms. The molecule has 0 radical (unpaired) electrons. The SMILES string of the molecule is CCCNC(c1ccc(Cl)cc1F)c1ccccc1Br. The van der Waals surface area contributed by atoms with E-state index in [0.717, 1.165) is 23.0 Å². The number of benzene rings is 2. The first-order chi connectivity index (χ1) is 9.63. The first-order valence-electron chi connectivity index (χ1n) is 6.56. The van der Waals surface area contributed by atoms with Crippen LogP contribution in [0.5, 0.6) is 0 Å². The molecule has 0 bridgehead atoms. The molecule has 0 aliphatic rings. The van der Waals surface area contributed by atoms with E-state index in [4.69, 9.17) is 11.6 Å². The smallest absolute Gasteiger partial charge is 0.129 e. The Morgan fingerprint density at radius 2 is 1.95 bits per heavy atom. The summed E-state index contributed by atoms with van der Waals surface area (Å²) in [4.78, 5) is 0. The zero-order chi connectivity index (χ0) is 14.5. The lowest BCUT2D eigenvalue weighted by molar-refractivity contribution is 0.546. The molecule has 0 aliphatic carbocycles. The van der Waals surface area contributed by atoms with Crippen LogP contribution in [-0.4, -0.2) is 6.54 Å². The van der Waals surface area contributed by atoms with Crippen LogP contribution in [0.3, 0.4) is 0 Å². The van der Waals surface area contributed by atoms with Gasteiger partial charge in [0.2, 0.25) is 0 Å². The number of halogens is 3. The van der Waals surface area contributed by atoms with Crippen molar-refractivity contribution in [1.29, 1.82) is 0 Å². The van der Waals surface area contributed by atoms with Gasteiger partial charge in [-0.15, -0.1) is 0 Å². The Morgan fingerprint density at radius 3 is 2.60 bits per heavy atom. The normalized spacial score (nSPS) is 12.4. The monoisotopic (exact) mass is 355 g/mol. The molecule has 0 saturated heterocycles. The van der Waals surface area contributed by atoms with Gasteiger partial charge in [-0.25, -0.2) is 4.39 Å². The van der Waals surface area contributed by atoms with E-state index in [1.165, 1.54) is 6.07 Å². The lowest BCUT2D eigenvalue weighted by Crippen LogP contribution is -2.24. The molecule has 1 unspecified atom stereocenters. The van der Waals surface area contributed by atoms with Crippen molar-refractivity contribution in [1.82, 2.24) is 5.32 Å².